The first-order valence-corrected chi connectivity index (χ1v) is 7.99. The van der Waals surface area contributed by atoms with Crippen molar-refractivity contribution in [2.45, 2.75) is 31.8 Å². The first-order chi connectivity index (χ1) is 10.2. The largest absolute Gasteiger partial charge is 0.494 e. The van der Waals surface area contributed by atoms with Crippen LogP contribution in [0.1, 0.15) is 31.4 Å². The molecule has 4 nitrogen and oxygen atoms in total. The highest BCUT2D eigenvalue weighted by Gasteiger charge is 2.27. The van der Waals surface area contributed by atoms with E-state index in [9.17, 15) is 0 Å². The van der Waals surface area contributed by atoms with Gasteiger partial charge in [-0.25, -0.2) is 0 Å². The minimum atomic E-state index is 0.309. The minimum Gasteiger partial charge on any atom is -0.494 e. The summed E-state index contributed by atoms with van der Waals surface area (Å²) in [6.45, 7) is 5.61. The standard InChI is InChI=1S/C17H29N3O/c1-4-21-16-9-7-14(8-10-16)17(12-18)20-11-5-6-15(13-20)19(2)3/h7-10,15,17H,4-6,11-13,18H2,1-3H3. The third kappa shape index (κ3) is 4.19. The Kier molecular flexibility index (Phi) is 6.03. The SMILES string of the molecule is CCOc1ccc(C(CN)N2CCCC(N(C)C)C2)cc1. The lowest BCUT2D eigenvalue weighted by atomic mass is 9.99. The monoisotopic (exact) mass is 291 g/mol. The van der Waals surface area contributed by atoms with Gasteiger partial charge in [0.1, 0.15) is 5.75 Å². The van der Waals surface area contributed by atoms with E-state index in [4.69, 9.17) is 10.5 Å². The van der Waals surface area contributed by atoms with Crippen LogP contribution in [0.4, 0.5) is 0 Å². The summed E-state index contributed by atoms with van der Waals surface area (Å²) in [7, 11) is 4.34. The van der Waals surface area contributed by atoms with E-state index < -0.39 is 0 Å². The van der Waals surface area contributed by atoms with Crippen LogP contribution in [-0.2, 0) is 0 Å². The molecular formula is C17H29N3O. The summed E-state index contributed by atoms with van der Waals surface area (Å²) >= 11 is 0. The Morgan fingerprint density at radius 2 is 2.05 bits per heavy atom. The number of hydrogen-bond donors (Lipinski definition) is 1. The third-order valence-electron chi connectivity index (χ3n) is 4.40. The zero-order valence-corrected chi connectivity index (χ0v) is 13.6. The molecule has 2 rings (SSSR count). The van der Waals surface area contributed by atoms with Gasteiger partial charge in [-0.3, -0.25) is 4.90 Å². The van der Waals surface area contributed by atoms with Crippen molar-refractivity contribution < 1.29 is 4.74 Å². The molecule has 2 N–H and O–H groups in total. The fraction of sp³-hybridized carbons (Fsp3) is 0.647. The number of nitrogens with zero attached hydrogens (tertiary/aromatic N) is 2. The average molecular weight is 291 g/mol. The summed E-state index contributed by atoms with van der Waals surface area (Å²) < 4.78 is 5.52. The van der Waals surface area contributed by atoms with Gasteiger partial charge >= 0.3 is 0 Å². The maximum Gasteiger partial charge on any atom is 0.119 e. The second kappa shape index (κ2) is 7.78. The number of likely N-dealkylation sites (tertiary alicyclic amines) is 1. The molecule has 1 aliphatic rings. The number of rotatable bonds is 6. The summed E-state index contributed by atoms with van der Waals surface area (Å²) in [6, 6.07) is 9.35. The predicted molar refractivity (Wildman–Crippen MR) is 87.7 cm³/mol. The zero-order chi connectivity index (χ0) is 15.2. The molecule has 118 valence electrons. The molecular weight excluding hydrogens is 262 g/mol. The molecule has 1 fully saturated rings. The summed E-state index contributed by atoms with van der Waals surface area (Å²) in [5, 5.41) is 0. The fourth-order valence-corrected chi connectivity index (χ4v) is 3.14. The van der Waals surface area contributed by atoms with E-state index in [0.29, 0.717) is 25.2 Å². The van der Waals surface area contributed by atoms with Gasteiger partial charge in [0, 0.05) is 25.2 Å². The first kappa shape index (κ1) is 16.3. The Morgan fingerprint density at radius 1 is 1.33 bits per heavy atom. The molecule has 1 saturated heterocycles. The second-order valence-electron chi connectivity index (χ2n) is 6.01. The van der Waals surface area contributed by atoms with Gasteiger partial charge in [-0.15, -0.1) is 0 Å². The molecule has 2 atom stereocenters. The summed E-state index contributed by atoms with van der Waals surface area (Å²) in [6.07, 6.45) is 2.53. The second-order valence-corrected chi connectivity index (χ2v) is 6.01. The fourth-order valence-electron chi connectivity index (χ4n) is 3.14. The third-order valence-corrected chi connectivity index (χ3v) is 4.40. The van der Waals surface area contributed by atoms with E-state index in [1.165, 1.54) is 18.4 Å². The van der Waals surface area contributed by atoms with E-state index in [-0.39, 0.29) is 0 Å². The highest BCUT2D eigenvalue weighted by molar-refractivity contribution is 5.29. The summed E-state index contributed by atoms with van der Waals surface area (Å²) in [5.74, 6) is 0.932. The Labute approximate surface area is 128 Å². The van der Waals surface area contributed by atoms with Gasteiger partial charge < -0.3 is 15.4 Å². The van der Waals surface area contributed by atoms with Crippen LogP contribution < -0.4 is 10.5 Å². The van der Waals surface area contributed by atoms with Crippen LogP contribution in [-0.4, -0.2) is 56.2 Å². The maximum atomic E-state index is 6.07. The van der Waals surface area contributed by atoms with Crippen molar-refractivity contribution in [1.82, 2.24) is 9.80 Å². The van der Waals surface area contributed by atoms with Gasteiger partial charge in [0.05, 0.1) is 6.61 Å². The van der Waals surface area contributed by atoms with Gasteiger partial charge in [-0.05, 0) is 58.1 Å². The highest BCUT2D eigenvalue weighted by atomic mass is 16.5. The molecule has 1 aromatic carbocycles. The van der Waals surface area contributed by atoms with Gasteiger partial charge in [0.25, 0.3) is 0 Å². The van der Waals surface area contributed by atoms with E-state index >= 15 is 0 Å². The quantitative estimate of drug-likeness (QED) is 0.871. The predicted octanol–water partition coefficient (Wildman–Crippen LogP) is 2.11. The van der Waals surface area contributed by atoms with Crippen molar-refractivity contribution in [3.63, 3.8) is 0 Å². The average Bonchev–Trinajstić information content (AvgIpc) is 2.50. The van der Waals surface area contributed by atoms with Crippen LogP contribution >= 0.6 is 0 Å². The van der Waals surface area contributed by atoms with Crippen molar-refractivity contribution in [3.05, 3.63) is 29.8 Å². The Hall–Kier alpha value is -1.10. The number of piperidine rings is 1. The maximum absolute atomic E-state index is 6.07. The molecule has 1 heterocycles. The minimum absolute atomic E-state index is 0.309. The Morgan fingerprint density at radius 3 is 2.62 bits per heavy atom. The summed E-state index contributed by atoms with van der Waals surface area (Å²) in [5.41, 5.74) is 7.36. The molecule has 0 radical (unpaired) electrons. The molecule has 0 aromatic heterocycles. The van der Waals surface area contributed by atoms with Gasteiger partial charge in [-0.1, -0.05) is 12.1 Å². The Bertz CT molecular complexity index is 419. The number of nitrogens with two attached hydrogens (primary N) is 1. The zero-order valence-electron chi connectivity index (χ0n) is 13.6. The van der Waals surface area contributed by atoms with Gasteiger partial charge in [-0.2, -0.15) is 0 Å². The lowest BCUT2D eigenvalue weighted by Gasteiger charge is -2.40. The number of ether oxygens (including phenoxy) is 1. The van der Waals surface area contributed by atoms with E-state index in [1.54, 1.807) is 0 Å². The topological polar surface area (TPSA) is 41.7 Å². The number of likely N-dealkylation sites (N-methyl/N-ethyl adjacent to an activating group) is 1. The molecule has 0 saturated carbocycles. The molecule has 0 bridgehead atoms. The van der Waals surface area contributed by atoms with Crippen molar-refractivity contribution in [2.24, 2.45) is 5.73 Å². The molecule has 0 amide bonds. The first-order valence-electron chi connectivity index (χ1n) is 7.99. The molecule has 1 aromatic rings. The normalized spacial score (nSPS) is 21.5. The van der Waals surface area contributed by atoms with Crippen LogP contribution in [0.2, 0.25) is 0 Å². The smallest absolute Gasteiger partial charge is 0.119 e. The van der Waals surface area contributed by atoms with E-state index in [2.05, 4.69) is 48.2 Å². The van der Waals surface area contributed by atoms with Crippen molar-refractivity contribution in [2.75, 3.05) is 40.3 Å². The van der Waals surface area contributed by atoms with Crippen LogP contribution in [0.5, 0.6) is 5.75 Å². The molecule has 0 aliphatic carbocycles. The van der Waals surface area contributed by atoms with E-state index in [1.807, 2.05) is 6.92 Å². The molecule has 4 heteroatoms. The van der Waals surface area contributed by atoms with Gasteiger partial charge in [0.15, 0.2) is 0 Å². The van der Waals surface area contributed by atoms with Crippen LogP contribution in [0.15, 0.2) is 24.3 Å². The van der Waals surface area contributed by atoms with Gasteiger partial charge in [0.2, 0.25) is 0 Å². The Balaban J connectivity index is 2.07. The van der Waals surface area contributed by atoms with Crippen LogP contribution in [0, 0.1) is 0 Å². The molecule has 2 unspecified atom stereocenters. The molecule has 0 spiro atoms. The van der Waals surface area contributed by atoms with Crippen LogP contribution in [0.3, 0.4) is 0 Å². The number of benzene rings is 1. The van der Waals surface area contributed by atoms with E-state index in [0.717, 1.165) is 18.8 Å². The lowest BCUT2D eigenvalue weighted by molar-refractivity contribution is 0.0984. The molecule has 21 heavy (non-hydrogen) atoms. The highest BCUT2D eigenvalue weighted by Crippen LogP contribution is 2.26. The van der Waals surface area contributed by atoms with Crippen molar-refractivity contribution >= 4 is 0 Å². The molecule has 1 aliphatic heterocycles. The van der Waals surface area contributed by atoms with Crippen molar-refractivity contribution in [3.8, 4) is 5.75 Å². The lowest BCUT2D eigenvalue weighted by Crippen LogP contribution is -2.47. The summed E-state index contributed by atoms with van der Waals surface area (Å²) in [4.78, 5) is 4.86. The number of hydrogen-bond acceptors (Lipinski definition) is 4. The van der Waals surface area contributed by atoms with Crippen LogP contribution in [0.25, 0.3) is 0 Å². The van der Waals surface area contributed by atoms with Crippen molar-refractivity contribution in [1.29, 1.82) is 0 Å².